The minimum atomic E-state index is -4.16. The molecule has 0 rings (SSSR count). The average Bonchev–Trinajstić information content (AvgIpc) is 1.35. The maximum atomic E-state index is 9.46. The van der Waals surface area contributed by atoms with Gasteiger partial charge in [-0.3, -0.25) is 0 Å². The summed E-state index contributed by atoms with van der Waals surface area (Å²) >= 11 is 1.13. The summed E-state index contributed by atoms with van der Waals surface area (Å²) in [4.78, 5) is 15.4. The molecule has 0 bridgehead atoms. The Morgan fingerprint density at radius 2 is 1.71 bits per heavy atom. The molecule has 49 valence electrons. The Hall–Kier alpha value is 1.58. The Bertz CT molecular complexity index is 75.8. The van der Waals surface area contributed by atoms with Gasteiger partial charge >= 0.3 is 7.82 Å². The van der Waals surface area contributed by atoms with Gasteiger partial charge < -0.3 is 9.79 Å². The van der Waals surface area contributed by atoms with Crippen molar-refractivity contribution >= 4 is 30.8 Å². The molecule has 0 atom stereocenters. The summed E-state index contributed by atoms with van der Waals surface area (Å²) < 4.78 is 13.0. The SMILES string of the molecule is O=P(O)(O)OI.[Ag]. The van der Waals surface area contributed by atoms with Crippen LogP contribution in [0, 0.1) is 0 Å². The van der Waals surface area contributed by atoms with Gasteiger partial charge in [-0.05, 0) is 0 Å². The fourth-order valence-electron chi connectivity index (χ4n) is 0. The quantitative estimate of drug-likeness (QED) is 0.416. The van der Waals surface area contributed by atoms with Crippen LogP contribution in [-0.4, -0.2) is 9.79 Å². The third-order valence-electron chi connectivity index (χ3n) is 0.0899. The molecule has 0 spiro atoms. The van der Waals surface area contributed by atoms with E-state index in [1.54, 1.807) is 0 Å². The molecule has 0 saturated carbocycles. The van der Waals surface area contributed by atoms with Crippen LogP contribution in [0.5, 0.6) is 0 Å². The second-order valence-corrected chi connectivity index (χ2v) is 2.86. The molecule has 1 radical (unpaired) electrons. The van der Waals surface area contributed by atoms with Crippen LogP contribution in [0.2, 0.25) is 0 Å². The predicted molar refractivity (Wildman–Crippen MR) is 27.1 cm³/mol. The van der Waals surface area contributed by atoms with E-state index in [2.05, 4.69) is 2.85 Å². The van der Waals surface area contributed by atoms with Gasteiger partial charge in [0.1, 0.15) is 23.0 Å². The predicted octanol–water partition coefficient (Wildman–Crippen LogP) is 0.443. The Balaban J connectivity index is 0. The Kier molecular flexibility index (Phi) is 7.25. The van der Waals surface area contributed by atoms with E-state index >= 15 is 0 Å². The molecule has 0 aromatic carbocycles. The minimum absolute atomic E-state index is 0. The summed E-state index contributed by atoms with van der Waals surface area (Å²) in [5.41, 5.74) is 0. The molecule has 0 amide bonds. The van der Waals surface area contributed by atoms with Crippen molar-refractivity contribution in [2.24, 2.45) is 0 Å². The molecule has 7 heavy (non-hydrogen) atoms. The van der Waals surface area contributed by atoms with Gasteiger partial charge in [-0.15, -0.1) is 0 Å². The molecule has 0 fully saturated rings. The fraction of sp³-hybridized carbons (Fsp3) is 0. The van der Waals surface area contributed by atoms with Gasteiger partial charge in [-0.25, -0.2) is 7.42 Å². The van der Waals surface area contributed by atoms with E-state index in [1.807, 2.05) is 0 Å². The second kappa shape index (κ2) is 4.46. The summed E-state index contributed by atoms with van der Waals surface area (Å²) in [6.45, 7) is 0. The Morgan fingerprint density at radius 3 is 1.71 bits per heavy atom. The van der Waals surface area contributed by atoms with Crippen molar-refractivity contribution in [2.75, 3.05) is 0 Å². The molecule has 0 aliphatic heterocycles. The molecule has 0 unspecified atom stereocenters. The van der Waals surface area contributed by atoms with Crippen LogP contribution < -0.4 is 0 Å². The monoisotopic (exact) mass is 331 g/mol. The van der Waals surface area contributed by atoms with Crippen LogP contribution in [0.3, 0.4) is 0 Å². The van der Waals surface area contributed by atoms with E-state index in [1.165, 1.54) is 0 Å². The normalized spacial score (nSPS) is 10.1. The fourth-order valence-corrected chi connectivity index (χ4v) is 0. The first-order chi connectivity index (χ1) is 2.56. The third-order valence-corrected chi connectivity index (χ3v) is 1.81. The van der Waals surface area contributed by atoms with Gasteiger partial charge in [0.15, 0.2) is 0 Å². The molecule has 4 nitrogen and oxygen atoms in total. The van der Waals surface area contributed by atoms with Gasteiger partial charge in [0.2, 0.25) is 0 Å². The summed E-state index contributed by atoms with van der Waals surface area (Å²) in [5, 5.41) is 0. The van der Waals surface area contributed by atoms with Gasteiger partial charge in [-0.2, -0.15) is 0 Å². The summed E-state index contributed by atoms with van der Waals surface area (Å²) in [6.07, 6.45) is 0. The number of hydrogen-bond acceptors (Lipinski definition) is 2. The van der Waals surface area contributed by atoms with E-state index < -0.39 is 7.82 Å². The van der Waals surface area contributed by atoms with Gasteiger partial charge in [0.25, 0.3) is 0 Å². The molecule has 0 aromatic rings. The van der Waals surface area contributed by atoms with Gasteiger partial charge in [0.05, 0.1) is 0 Å². The molecule has 0 aliphatic carbocycles. The molecular weight excluding hydrogens is 330 g/mol. The zero-order valence-corrected chi connectivity index (χ0v) is 7.37. The molecule has 0 aliphatic rings. The maximum Gasteiger partial charge on any atom is 0.479 e. The summed E-state index contributed by atoms with van der Waals surface area (Å²) in [7, 11) is -4.16. The van der Waals surface area contributed by atoms with Crippen molar-refractivity contribution in [1.82, 2.24) is 0 Å². The zero-order chi connectivity index (χ0) is 5.21. The first-order valence-corrected chi connectivity index (χ1v) is 3.33. The largest absolute Gasteiger partial charge is 0.479 e. The number of phosphoric acid groups is 1. The molecule has 0 aromatic heterocycles. The first-order valence-electron chi connectivity index (χ1n) is 0.919. The Labute approximate surface area is 70.1 Å². The third kappa shape index (κ3) is 11.3. The average molecular weight is 332 g/mol. The van der Waals surface area contributed by atoms with E-state index in [-0.39, 0.29) is 22.4 Å². The van der Waals surface area contributed by atoms with E-state index in [0.29, 0.717) is 0 Å². The van der Waals surface area contributed by atoms with Crippen molar-refractivity contribution in [3.8, 4) is 0 Å². The smallest absolute Gasteiger partial charge is 0.302 e. The van der Waals surface area contributed by atoms with Crippen molar-refractivity contribution in [2.45, 2.75) is 0 Å². The van der Waals surface area contributed by atoms with Crippen LogP contribution in [0.1, 0.15) is 0 Å². The van der Waals surface area contributed by atoms with Crippen molar-refractivity contribution in [3.05, 3.63) is 0 Å². The summed E-state index contributed by atoms with van der Waals surface area (Å²) in [5.74, 6) is 0. The molecular formula is H2AgIO4P. The van der Waals surface area contributed by atoms with Crippen molar-refractivity contribution in [3.63, 3.8) is 0 Å². The molecule has 2 N–H and O–H groups in total. The molecule has 0 saturated heterocycles. The molecule has 7 heteroatoms. The van der Waals surface area contributed by atoms with E-state index in [4.69, 9.17) is 9.79 Å². The summed E-state index contributed by atoms with van der Waals surface area (Å²) in [6, 6.07) is 0. The van der Waals surface area contributed by atoms with Crippen LogP contribution in [-0.2, 0) is 29.8 Å². The number of hydrogen-bond donors (Lipinski definition) is 2. The Morgan fingerprint density at radius 1 is 1.57 bits per heavy atom. The number of rotatable bonds is 1. The first kappa shape index (κ1) is 11.4. The van der Waals surface area contributed by atoms with Crippen LogP contribution in [0.4, 0.5) is 0 Å². The van der Waals surface area contributed by atoms with Crippen LogP contribution in [0.25, 0.3) is 0 Å². The van der Waals surface area contributed by atoms with E-state index in [9.17, 15) is 4.57 Å². The number of halogens is 1. The van der Waals surface area contributed by atoms with Crippen molar-refractivity contribution in [1.29, 1.82) is 0 Å². The van der Waals surface area contributed by atoms with Gasteiger partial charge in [0, 0.05) is 22.4 Å². The topological polar surface area (TPSA) is 66.8 Å². The molecule has 0 heterocycles. The minimum Gasteiger partial charge on any atom is -0.302 e. The second-order valence-electron chi connectivity index (χ2n) is 0.560. The van der Waals surface area contributed by atoms with Crippen LogP contribution >= 0.6 is 30.8 Å². The zero-order valence-electron chi connectivity index (χ0n) is 2.84. The van der Waals surface area contributed by atoms with Crippen molar-refractivity contribution < 1.29 is 39.6 Å². The van der Waals surface area contributed by atoms with E-state index in [0.717, 1.165) is 23.0 Å². The van der Waals surface area contributed by atoms with Gasteiger partial charge in [-0.1, -0.05) is 0 Å². The standard InChI is InChI=1S/Ag.H2IO4P/c;1-5-6(2,3)4/h;(H2,2,3,4). The maximum absolute atomic E-state index is 9.46. The van der Waals surface area contributed by atoms with Crippen LogP contribution in [0.15, 0.2) is 0 Å².